The van der Waals surface area contributed by atoms with Crippen molar-refractivity contribution in [2.75, 3.05) is 10.6 Å². The monoisotopic (exact) mass is 399 g/mol. The third kappa shape index (κ3) is 4.60. The molecule has 2 amide bonds. The fourth-order valence-electron chi connectivity index (χ4n) is 2.75. The molecule has 2 N–H and O–H groups in total. The molecule has 8 heteroatoms. The zero-order valence-electron chi connectivity index (χ0n) is 15.5. The Morgan fingerprint density at radius 3 is 2.21 bits per heavy atom. The molecule has 2 aromatic carbocycles. The van der Waals surface area contributed by atoms with Gasteiger partial charge in [0, 0.05) is 17.4 Å². The summed E-state index contributed by atoms with van der Waals surface area (Å²) >= 11 is 0. The first-order chi connectivity index (χ1) is 13.7. The number of halogens is 3. The maximum Gasteiger partial charge on any atom is 0.274 e. The molecule has 0 aliphatic carbocycles. The van der Waals surface area contributed by atoms with Gasteiger partial charge in [-0.25, -0.2) is 13.2 Å². The fraction of sp³-hybridized carbons (Fsp3) is 0.0952. The van der Waals surface area contributed by atoms with Crippen molar-refractivity contribution in [2.45, 2.75) is 13.8 Å². The average molecular weight is 399 g/mol. The van der Waals surface area contributed by atoms with Crippen molar-refractivity contribution in [3.8, 4) is 0 Å². The van der Waals surface area contributed by atoms with E-state index in [0.717, 1.165) is 17.2 Å². The highest BCUT2D eigenvalue weighted by molar-refractivity contribution is 6.07. The minimum absolute atomic E-state index is 0.00490. The summed E-state index contributed by atoms with van der Waals surface area (Å²) in [6.07, 6.45) is 1.24. The van der Waals surface area contributed by atoms with E-state index in [-0.39, 0.29) is 11.3 Å². The van der Waals surface area contributed by atoms with Gasteiger partial charge in [0.05, 0.1) is 5.69 Å². The van der Waals surface area contributed by atoms with Gasteiger partial charge in [0.25, 0.3) is 11.8 Å². The highest BCUT2D eigenvalue weighted by atomic mass is 19.2. The molecule has 0 saturated heterocycles. The van der Waals surface area contributed by atoms with Gasteiger partial charge in [-0.1, -0.05) is 6.07 Å². The molecule has 0 spiro atoms. The van der Waals surface area contributed by atoms with E-state index in [1.807, 2.05) is 19.9 Å². The van der Waals surface area contributed by atoms with E-state index in [4.69, 9.17) is 0 Å². The van der Waals surface area contributed by atoms with E-state index in [2.05, 4.69) is 15.6 Å². The van der Waals surface area contributed by atoms with E-state index in [1.165, 1.54) is 18.3 Å². The van der Waals surface area contributed by atoms with Crippen LogP contribution in [0.3, 0.4) is 0 Å². The molecule has 29 heavy (non-hydrogen) atoms. The van der Waals surface area contributed by atoms with Crippen LogP contribution in [0.2, 0.25) is 0 Å². The number of rotatable bonds is 4. The van der Waals surface area contributed by atoms with Crippen LogP contribution < -0.4 is 10.6 Å². The van der Waals surface area contributed by atoms with Crippen molar-refractivity contribution in [2.24, 2.45) is 0 Å². The van der Waals surface area contributed by atoms with Crippen molar-refractivity contribution in [3.63, 3.8) is 0 Å². The third-order valence-electron chi connectivity index (χ3n) is 4.02. The average Bonchev–Trinajstić information content (AvgIpc) is 2.67. The molecule has 0 bridgehead atoms. The predicted molar refractivity (Wildman–Crippen MR) is 102 cm³/mol. The summed E-state index contributed by atoms with van der Waals surface area (Å²) < 4.78 is 40.1. The summed E-state index contributed by atoms with van der Waals surface area (Å²) in [4.78, 5) is 28.7. The summed E-state index contributed by atoms with van der Waals surface area (Å²) in [5, 5.41) is 4.84. The second kappa shape index (κ2) is 8.14. The van der Waals surface area contributed by atoms with Gasteiger partial charge in [-0.3, -0.25) is 14.6 Å². The summed E-state index contributed by atoms with van der Waals surface area (Å²) in [5.74, 6) is -5.91. The number of carbonyl (C=O) groups excluding carboxylic acids is 2. The van der Waals surface area contributed by atoms with Gasteiger partial charge >= 0.3 is 0 Å². The standard InChI is InChI=1S/C21H16F3N3O2/c1-11-7-12(2)9-14(8-11)26-21(29)17-10-13(5-6-25-17)20(28)27-16-4-3-15(22)18(23)19(16)24/h3-10H,1-2H3,(H,26,29)(H,27,28). The lowest BCUT2D eigenvalue weighted by atomic mass is 10.1. The molecule has 0 aliphatic rings. The quantitative estimate of drug-likeness (QED) is 0.629. The lowest BCUT2D eigenvalue weighted by molar-refractivity contribution is 0.102. The number of amides is 2. The number of nitrogens with zero attached hydrogens (tertiary/aromatic N) is 1. The predicted octanol–water partition coefficient (Wildman–Crippen LogP) is 4.62. The number of anilines is 2. The Morgan fingerprint density at radius 2 is 1.52 bits per heavy atom. The number of hydrogen-bond donors (Lipinski definition) is 2. The van der Waals surface area contributed by atoms with Gasteiger partial charge in [0.1, 0.15) is 5.69 Å². The van der Waals surface area contributed by atoms with Crippen molar-refractivity contribution in [1.29, 1.82) is 0 Å². The Morgan fingerprint density at radius 1 is 0.828 bits per heavy atom. The maximum absolute atomic E-state index is 13.7. The van der Waals surface area contributed by atoms with Crippen LogP contribution in [0.1, 0.15) is 32.0 Å². The molecule has 3 aromatic rings. The Kier molecular flexibility index (Phi) is 5.63. The van der Waals surface area contributed by atoms with Gasteiger partial charge in [-0.2, -0.15) is 0 Å². The number of aromatic nitrogens is 1. The molecule has 5 nitrogen and oxygen atoms in total. The number of carbonyl (C=O) groups is 2. The Hall–Kier alpha value is -3.68. The minimum Gasteiger partial charge on any atom is -0.321 e. The molecule has 0 aliphatic heterocycles. The van der Waals surface area contributed by atoms with Crippen molar-refractivity contribution in [3.05, 3.63) is 88.5 Å². The molecule has 1 heterocycles. The van der Waals surface area contributed by atoms with E-state index >= 15 is 0 Å². The first-order valence-corrected chi connectivity index (χ1v) is 8.55. The Balaban J connectivity index is 1.79. The number of aryl methyl sites for hydroxylation is 2. The molecule has 0 unspecified atom stereocenters. The fourth-order valence-corrected chi connectivity index (χ4v) is 2.75. The highest BCUT2D eigenvalue weighted by Gasteiger charge is 2.17. The largest absolute Gasteiger partial charge is 0.321 e. The molecule has 3 rings (SSSR count). The second-order valence-corrected chi connectivity index (χ2v) is 6.44. The van der Waals surface area contributed by atoms with Crippen molar-refractivity contribution in [1.82, 2.24) is 4.98 Å². The van der Waals surface area contributed by atoms with Gasteiger partial charge < -0.3 is 10.6 Å². The zero-order chi connectivity index (χ0) is 21.1. The van der Waals surface area contributed by atoms with Crippen LogP contribution >= 0.6 is 0 Å². The van der Waals surface area contributed by atoms with Gasteiger partial charge in [0.2, 0.25) is 0 Å². The van der Waals surface area contributed by atoms with E-state index in [9.17, 15) is 22.8 Å². The van der Waals surface area contributed by atoms with Crippen LogP contribution in [0.5, 0.6) is 0 Å². The smallest absolute Gasteiger partial charge is 0.274 e. The number of benzene rings is 2. The van der Waals surface area contributed by atoms with E-state index < -0.39 is 35.0 Å². The van der Waals surface area contributed by atoms with E-state index in [0.29, 0.717) is 11.8 Å². The highest BCUT2D eigenvalue weighted by Crippen LogP contribution is 2.20. The minimum atomic E-state index is -1.69. The number of nitrogens with one attached hydrogen (secondary N) is 2. The molecular formula is C21H16F3N3O2. The van der Waals surface area contributed by atoms with Crippen LogP contribution in [0.15, 0.2) is 48.7 Å². The Bertz CT molecular complexity index is 1100. The second-order valence-electron chi connectivity index (χ2n) is 6.44. The van der Waals surface area contributed by atoms with Crippen LogP contribution in [-0.4, -0.2) is 16.8 Å². The molecule has 1 aromatic heterocycles. The summed E-state index contributed by atoms with van der Waals surface area (Å²) in [5.41, 5.74) is 1.95. The van der Waals surface area contributed by atoms with Crippen LogP contribution in [0.4, 0.5) is 24.5 Å². The molecule has 0 radical (unpaired) electrons. The summed E-state index contributed by atoms with van der Waals surface area (Å²) in [6, 6.07) is 9.65. The lowest BCUT2D eigenvalue weighted by Gasteiger charge is -2.09. The summed E-state index contributed by atoms with van der Waals surface area (Å²) in [7, 11) is 0. The first-order valence-electron chi connectivity index (χ1n) is 8.55. The zero-order valence-corrected chi connectivity index (χ0v) is 15.5. The normalized spacial score (nSPS) is 10.5. The van der Waals surface area contributed by atoms with Crippen LogP contribution in [0.25, 0.3) is 0 Å². The van der Waals surface area contributed by atoms with Crippen LogP contribution in [-0.2, 0) is 0 Å². The number of pyridine rings is 1. The van der Waals surface area contributed by atoms with Gasteiger partial charge in [0.15, 0.2) is 17.5 Å². The SMILES string of the molecule is Cc1cc(C)cc(NC(=O)c2cc(C(=O)Nc3ccc(F)c(F)c3F)ccn2)c1. The molecule has 0 saturated carbocycles. The summed E-state index contributed by atoms with van der Waals surface area (Å²) in [6.45, 7) is 3.78. The lowest BCUT2D eigenvalue weighted by Crippen LogP contribution is -2.17. The van der Waals surface area contributed by atoms with Gasteiger partial charge in [-0.15, -0.1) is 0 Å². The van der Waals surface area contributed by atoms with Crippen molar-refractivity contribution < 1.29 is 22.8 Å². The number of hydrogen-bond acceptors (Lipinski definition) is 3. The van der Waals surface area contributed by atoms with Gasteiger partial charge in [-0.05, 0) is 61.4 Å². The molecule has 0 atom stereocenters. The molecule has 148 valence electrons. The topological polar surface area (TPSA) is 71.1 Å². The third-order valence-corrected chi connectivity index (χ3v) is 4.02. The molecule has 0 fully saturated rings. The molecular weight excluding hydrogens is 383 g/mol. The van der Waals surface area contributed by atoms with E-state index in [1.54, 1.807) is 12.1 Å². The van der Waals surface area contributed by atoms with Crippen LogP contribution in [0, 0.1) is 31.3 Å². The first kappa shape index (κ1) is 20.1. The van der Waals surface area contributed by atoms with Crippen molar-refractivity contribution >= 4 is 23.2 Å². The maximum atomic E-state index is 13.7. The Labute approximate surface area is 164 Å².